The van der Waals surface area contributed by atoms with Gasteiger partial charge in [-0.2, -0.15) is 0 Å². The highest BCUT2D eigenvalue weighted by molar-refractivity contribution is 5.90. The summed E-state index contributed by atoms with van der Waals surface area (Å²) in [5, 5.41) is 1.47. The SMILES string of the molecule is Cc1cc(C)c2c3c(n(C)c2c1)CCCC3CN. The minimum atomic E-state index is 0.554. The van der Waals surface area contributed by atoms with Gasteiger partial charge < -0.3 is 10.3 Å². The maximum atomic E-state index is 5.99. The molecular formula is C16H22N2. The average Bonchev–Trinajstić information content (AvgIpc) is 2.63. The van der Waals surface area contributed by atoms with Crippen LogP contribution in [0.3, 0.4) is 0 Å². The third-order valence-electron chi connectivity index (χ3n) is 4.46. The van der Waals surface area contributed by atoms with Gasteiger partial charge >= 0.3 is 0 Å². The molecule has 2 N–H and O–H groups in total. The van der Waals surface area contributed by atoms with Crippen LogP contribution in [0, 0.1) is 13.8 Å². The maximum absolute atomic E-state index is 5.99. The van der Waals surface area contributed by atoms with E-state index in [2.05, 4.69) is 37.6 Å². The molecule has 1 aliphatic rings. The molecule has 0 saturated heterocycles. The summed E-state index contributed by atoms with van der Waals surface area (Å²) in [5.41, 5.74) is 13.2. The standard InChI is InChI=1S/C16H22N2/c1-10-7-11(2)15-14(8-10)18(3)13-6-4-5-12(9-17)16(13)15/h7-8,12H,4-6,9,17H2,1-3H3. The Morgan fingerprint density at radius 2 is 2.11 bits per heavy atom. The van der Waals surface area contributed by atoms with Gasteiger partial charge in [-0.1, -0.05) is 6.07 Å². The number of benzene rings is 1. The first kappa shape index (κ1) is 11.8. The summed E-state index contributed by atoms with van der Waals surface area (Å²) in [7, 11) is 2.21. The molecule has 0 saturated carbocycles. The van der Waals surface area contributed by atoms with Crippen molar-refractivity contribution >= 4 is 10.9 Å². The summed E-state index contributed by atoms with van der Waals surface area (Å²) in [6, 6.07) is 4.61. The normalized spacial score (nSPS) is 19.2. The lowest BCUT2D eigenvalue weighted by atomic mass is 9.84. The Hall–Kier alpha value is -1.28. The number of nitrogens with zero attached hydrogens (tertiary/aromatic N) is 1. The largest absolute Gasteiger partial charge is 0.347 e. The highest BCUT2D eigenvalue weighted by atomic mass is 15.0. The van der Waals surface area contributed by atoms with Crippen LogP contribution in [0.15, 0.2) is 12.1 Å². The minimum absolute atomic E-state index is 0.554. The molecule has 2 aromatic rings. The second-order valence-electron chi connectivity index (χ2n) is 5.72. The highest BCUT2D eigenvalue weighted by Crippen LogP contribution is 2.39. The van der Waals surface area contributed by atoms with Crippen LogP contribution >= 0.6 is 0 Å². The van der Waals surface area contributed by atoms with Gasteiger partial charge in [0.2, 0.25) is 0 Å². The molecule has 1 aromatic carbocycles. The molecule has 1 unspecified atom stereocenters. The Morgan fingerprint density at radius 1 is 1.33 bits per heavy atom. The molecule has 0 aliphatic heterocycles. The Labute approximate surface area is 109 Å². The van der Waals surface area contributed by atoms with E-state index in [-0.39, 0.29) is 0 Å². The van der Waals surface area contributed by atoms with Crippen molar-refractivity contribution in [2.45, 2.75) is 39.0 Å². The molecule has 1 atom stereocenters. The van der Waals surface area contributed by atoms with E-state index in [0.29, 0.717) is 5.92 Å². The molecule has 1 heterocycles. The molecule has 18 heavy (non-hydrogen) atoms. The van der Waals surface area contributed by atoms with Crippen molar-refractivity contribution in [3.05, 3.63) is 34.5 Å². The summed E-state index contributed by atoms with van der Waals surface area (Å²) in [6.45, 7) is 5.19. The van der Waals surface area contributed by atoms with Crippen molar-refractivity contribution in [3.8, 4) is 0 Å². The van der Waals surface area contributed by atoms with Gasteiger partial charge in [0.25, 0.3) is 0 Å². The molecule has 0 fully saturated rings. The van der Waals surface area contributed by atoms with Gasteiger partial charge in [0.1, 0.15) is 0 Å². The van der Waals surface area contributed by atoms with E-state index in [9.17, 15) is 0 Å². The van der Waals surface area contributed by atoms with Crippen LogP contribution in [0.25, 0.3) is 10.9 Å². The topological polar surface area (TPSA) is 30.9 Å². The van der Waals surface area contributed by atoms with Gasteiger partial charge in [-0.05, 0) is 68.3 Å². The second-order valence-corrected chi connectivity index (χ2v) is 5.72. The number of rotatable bonds is 1. The summed E-state index contributed by atoms with van der Waals surface area (Å²) >= 11 is 0. The third-order valence-corrected chi connectivity index (χ3v) is 4.46. The predicted molar refractivity (Wildman–Crippen MR) is 77.1 cm³/mol. The first-order valence-electron chi connectivity index (χ1n) is 6.92. The molecule has 0 amide bonds. The van der Waals surface area contributed by atoms with E-state index in [4.69, 9.17) is 5.73 Å². The van der Waals surface area contributed by atoms with E-state index in [1.165, 1.54) is 47.0 Å². The molecule has 0 spiro atoms. The summed E-state index contributed by atoms with van der Waals surface area (Å²) in [5.74, 6) is 0.554. The lowest BCUT2D eigenvalue weighted by molar-refractivity contribution is 0.549. The Bertz CT molecular complexity index is 607. The van der Waals surface area contributed by atoms with Crippen molar-refractivity contribution in [2.24, 2.45) is 12.8 Å². The van der Waals surface area contributed by atoms with Crippen LogP contribution in [0.5, 0.6) is 0 Å². The van der Waals surface area contributed by atoms with E-state index in [1.807, 2.05) is 0 Å². The number of aryl methyl sites for hydroxylation is 3. The van der Waals surface area contributed by atoms with Crippen molar-refractivity contribution in [1.82, 2.24) is 4.57 Å². The van der Waals surface area contributed by atoms with E-state index < -0.39 is 0 Å². The number of hydrogen-bond acceptors (Lipinski definition) is 1. The average molecular weight is 242 g/mol. The smallest absolute Gasteiger partial charge is 0.0488 e. The van der Waals surface area contributed by atoms with Crippen LogP contribution in [0.1, 0.15) is 41.1 Å². The van der Waals surface area contributed by atoms with Crippen LogP contribution in [-0.4, -0.2) is 11.1 Å². The molecule has 3 rings (SSSR count). The molecule has 1 aliphatic carbocycles. The summed E-state index contributed by atoms with van der Waals surface area (Å²) in [4.78, 5) is 0. The number of aromatic nitrogens is 1. The van der Waals surface area contributed by atoms with Crippen LogP contribution < -0.4 is 5.73 Å². The molecule has 0 bridgehead atoms. The lowest BCUT2D eigenvalue weighted by Gasteiger charge is -2.22. The molecule has 1 aromatic heterocycles. The summed E-state index contributed by atoms with van der Waals surface area (Å²) in [6.07, 6.45) is 3.72. The molecule has 2 heteroatoms. The highest BCUT2D eigenvalue weighted by Gasteiger charge is 2.26. The monoisotopic (exact) mass is 242 g/mol. The fourth-order valence-corrected chi connectivity index (χ4v) is 3.67. The van der Waals surface area contributed by atoms with E-state index in [0.717, 1.165) is 6.54 Å². The first-order valence-corrected chi connectivity index (χ1v) is 6.92. The van der Waals surface area contributed by atoms with Gasteiger partial charge in [0, 0.05) is 23.6 Å². The molecule has 0 radical (unpaired) electrons. The zero-order chi connectivity index (χ0) is 12.9. The van der Waals surface area contributed by atoms with Crippen molar-refractivity contribution < 1.29 is 0 Å². The van der Waals surface area contributed by atoms with Gasteiger partial charge in [0.05, 0.1) is 0 Å². The number of hydrogen-bond donors (Lipinski definition) is 1. The third kappa shape index (κ3) is 1.52. The predicted octanol–water partition coefficient (Wildman–Crippen LogP) is 3.17. The zero-order valence-electron chi connectivity index (χ0n) is 11.6. The first-order chi connectivity index (χ1) is 8.63. The van der Waals surface area contributed by atoms with Crippen LogP contribution in [0.4, 0.5) is 0 Å². The number of fused-ring (bicyclic) bond motifs is 3. The van der Waals surface area contributed by atoms with Crippen LogP contribution in [0.2, 0.25) is 0 Å². The number of nitrogens with two attached hydrogens (primary N) is 1. The van der Waals surface area contributed by atoms with Gasteiger partial charge in [-0.3, -0.25) is 0 Å². The van der Waals surface area contributed by atoms with E-state index >= 15 is 0 Å². The fraction of sp³-hybridized carbons (Fsp3) is 0.500. The van der Waals surface area contributed by atoms with Crippen molar-refractivity contribution in [3.63, 3.8) is 0 Å². The molecule has 2 nitrogen and oxygen atoms in total. The second kappa shape index (κ2) is 4.13. The van der Waals surface area contributed by atoms with E-state index in [1.54, 1.807) is 5.56 Å². The van der Waals surface area contributed by atoms with Gasteiger partial charge in [0.15, 0.2) is 0 Å². The fourth-order valence-electron chi connectivity index (χ4n) is 3.67. The summed E-state index contributed by atoms with van der Waals surface area (Å²) < 4.78 is 2.40. The van der Waals surface area contributed by atoms with Gasteiger partial charge in [-0.15, -0.1) is 0 Å². The van der Waals surface area contributed by atoms with Gasteiger partial charge in [-0.25, -0.2) is 0 Å². The lowest BCUT2D eigenvalue weighted by Crippen LogP contribution is -2.18. The molecular weight excluding hydrogens is 220 g/mol. The van der Waals surface area contributed by atoms with Crippen molar-refractivity contribution in [2.75, 3.05) is 6.54 Å². The maximum Gasteiger partial charge on any atom is 0.0488 e. The zero-order valence-corrected chi connectivity index (χ0v) is 11.6. The minimum Gasteiger partial charge on any atom is -0.347 e. The Balaban J connectivity index is 2.40. The van der Waals surface area contributed by atoms with Crippen LogP contribution in [-0.2, 0) is 13.5 Å². The Kier molecular flexibility index (Phi) is 2.70. The van der Waals surface area contributed by atoms with Crippen molar-refractivity contribution in [1.29, 1.82) is 0 Å². The molecule has 96 valence electrons. The Morgan fingerprint density at radius 3 is 2.83 bits per heavy atom. The quantitative estimate of drug-likeness (QED) is 0.818.